The molecule has 4 heterocycles. The molecule has 2 fully saturated rings. The van der Waals surface area contributed by atoms with Crippen molar-refractivity contribution in [2.24, 2.45) is 0 Å². The number of morpholine rings is 1. The van der Waals surface area contributed by atoms with E-state index in [2.05, 4.69) is 15.0 Å². The van der Waals surface area contributed by atoms with Gasteiger partial charge >= 0.3 is 6.18 Å². The van der Waals surface area contributed by atoms with Crippen LogP contribution in [0.1, 0.15) is 12.1 Å². The predicted octanol–water partition coefficient (Wildman–Crippen LogP) is 2.55. The third-order valence-corrected chi connectivity index (χ3v) is 4.54. The quantitative estimate of drug-likeness (QED) is 0.814. The van der Waals surface area contributed by atoms with Crippen LogP contribution < -0.4 is 4.90 Å². The number of alkyl halides is 3. The van der Waals surface area contributed by atoms with Crippen LogP contribution in [0.25, 0.3) is 11.5 Å². The standard InChI is InChI=1S/C17H17F3N4O2/c18-17(19,20)13-9-14(23-15(22-13)12-3-1-2-5-21-12)24-6-8-26-16(10-24)4-7-25-11-16/h1-3,5,9H,4,6-8,10-11H2. The highest BCUT2D eigenvalue weighted by molar-refractivity contribution is 5.54. The topological polar surface area (TPSA) is 60.4 Å². The van der Waals surface area contributed by atoms with Crippen LogP contribution in [0.4, 0.5) is 19.0 Å². The first kappa shape index (κ1) is 17.2. The number of halogens is 3. The lowest BCUT2D eigenvalue weighted by atomic mass is 10.0. The molecule has 2 aromatic rings. The first-order valence-electron chi connectivity index (χ1n) is 8.30. The molecule has 0 amide bonds. The third-order valence-electron chi connectivity index (χ3n) is 4.54. The lowest BCUT2D eigenvalue weighted by Gasteiger charge is -2.40. The molecule has 1 unspecified atom stereocenters. The van der Waals surface area contributed by atoms with E-state index >= 15 is 0 Å². The average Bonchev–Trinajstić information content (AvgIpc) is 3.09. The first-order valence-corrected chi connectivity index (χ1v) is 8.30. The van der Waals surface area contributed by atoms with Gasteiger partial charge in [-0.25, -0.2) is 9.97 Å². The fourth-order valence-corrected chi connectivity index (χ4v) is 3.22. The number of rotatable bonds is 2. The number of hydrogen-bond donors (Lipinski definition) is 0. The Bertz CT molecular complexity index is 779. The molecule has 2 aliphatic heterocycles. The van der Waals surface area contributed by atoms with Crippen molar-refractivity contribution < 1.29 is 22.6 Å². The Kier molecular flexibility index (Phi) is 4.28. The van der Waals surface area contributed by atoms with Gasteiger partial charge in [0.2, 0.25) is 0 Å². The van der Waals surface area contributed by atoms with E-state index in [0.29, 0.717) is 45.0 Å². The Balaban J connectivity index is 1.73. The molecule has 6 nitrogen and oxygen atoms in total. The maximum atomic E-state index is 13.4. The van der Waals surface area contributed by atoms with Crippen molar-refractivity contribution in [3.8, 4) is 11.5 Å². The average molecular weight is 366 g/mol. The van der Waals surface area contributed by atoms with Crippen molar-refractivity contribution in [3.05, 3.63) is 36.2 Å². The van der Waals surface area contributed by atoms with Gasteiger partial charge in [-0.3, -0.25) is 4.98 Å². The normalized spacial score (nSPS) is 23.6. The molecule has 2 aliphatic rings. The summed E-state index contributed by atoms with van der Waals surface area (Å²) in [6, 6.07) is 5.95. The minimum atomic E-state index is -4.57. The molecule has 138 valence electrons. The summed E-state index contributed by atoms with van der Waals surface area (Å²) in [5, 5.41) is 0. The minimum Gasteiger partial charge on any atom is -0.378 e. The fourth-order valence-electron chi connectivity index (χ4n) is 3.22. The van der Waals surface area contributed by atoms with E-state index in [9.17, 15) is 13.2 Å². The summed E-state index contributed by atoms with van der Waals surface area (Å²) in [7, 11) is 0. The predicted molar refractivity (Wildman–Crippen MR) is 86.6 cm³/mol. The molecule has 0 bridgehead atoms. The summed E-state index contributed by atoms with van der Waals surface area (Å²) in [5.74, 6) is 0.182. The fraction of sp³-hybridized carbons (Fsp3) is 0.471. The summed E-state index contributed by atoms with van der Waals surface area (Å²) in [6.07, 6.45) is -2.35. The van der Waals surface area contributed by atoms with Crippen LogP contribution in [-0.4, -0.2) is 53.5 Å². The Morgan fingerprint density at radius 2 is 2.04 bits per heavy atom. The zero-order chi connectivity index (χ0) is 18.2. The Morgan fingerprint density at radius 1 is 1.15 bits per heavy atom. The maximum absolute atomic E-state index is 13.4. The highest BCUT2D eigenvalue weighted by atomic mass is 19.4. The minimum absolute atomic E-state index is 0.0429. The second-order valence-electron chi connectivity index (χ2n) is 6.40. The molecule has 26 heavy (non-hydrogen) atoms. The van der Waals surface area contributed by atoms with Crippen molar-refractivity contribution in [2.45, 2.75) is 18.2 Å². The van der Waals surface area contributed by atoms with Crippen LogP contribution >= 0.6 is 0 Å². The number of hydrogen-bond acceptors (Lipinski definition) is 6. The van der Waals surface area contributed by atoms with Crippen molar-refractivity contribution in [1.29, 1.82) is 0 Å². The van der Waals surface area contributed by atoms with E-state index in [1.54, 1.807) is 18.2 Å². The van der Waals surface area contributed by atoms with Gasteiger partial charge in [-0.1, -0.05) is 6.07 Å². The summed E-state index contributed by atoms with van der Waals surface area (Å²) in [5.41, 5.74) is -1.16. The number of anilines is 1. The summed E-state index contributed by atoms with van der Waals surface area (Å²) in [4.78, 5) is 13.9. The van der Waals surface area contributed by atoms with Crippen molar-refractivity contribution in [3.63, 3.8) is 0 Å². The summed E-state index contributed by atoms with van der Waals surface area (Å²) in [6.45, 7) is 2.33. The van der Waals surface area contributed by atoms with Gasteiger partial charge in [0.1, 0.15) is 17.1 Å². The molecule has 2 aromatic heterocycles. The van der Waals surface area contributed by atoms with E-state index in [1.807, 2.05) is 4.90 Å². The van der Waals surface area contributed by atoms with Crippen LogP contribution in [0.5, 0.6) is 0 Å². The molecular weight excluding hydrogens is 349 g/mol. The van der Waals surface area contributed by atoms with Gasteiger partial charge in [-0.2, -0.15) is 13.2 Å². The number of nitrogens with zero attached hydrogens (tertiary/aromatic N) is 4. The van der Waals surface area contributed by atoms with Gasteiger partial charge in [0.15, 0.2) is 11.5 Å². The highest BCUT2D eigenvalue weighted by Crippen LogP contribution is 2.34. The molecule has 1 atom stereocenters. The zero-order valence-corrected chi connectivity index (χ0v) is 13.9. The third kappa shape index (κ3) is 3.36. The van der Waals surface area contributed by atoms with Crippen LogP contribution in [0.3, 0.4) is 0 Å². The monoisotopic (exact) mass is 366 g/mol. The number of aromatic nitrogens is 3. The molecule has 2 saturated heterocycles. The molecule has 0 N–H and O–H groups in total. The van der Waals surface area contributed by atoms with E-state index in [0.717, 1.165) is 6.07 Å². The molecule has 9 heteroatoms. The largest absolute Gasteiger partial charge is 0.433 e. The van der Waals surface area contributed by atoms with Gasteiger partial charge < -0.3 is 14.4 Å². The van der Waals surface area contributed by atoms with Crippen LogP contribution in [0, 0.1) is 0 Å². The zero-order valence-electron chi connectivity index (χ0n) is 13.9. The Hall–Kier alpha value is -2.26. The molecule has 0 saturated carbocycles. The molecular formula is C17H17F3N4O2. The molecule has 0 aromatic carbocycles. The molecule has 0 aliphatic carbocycles. The van der Waals surface area contributed by atoms with Gasteiger partial charge in [-0.15, -0.1) is 0 Å². The van der Waals surface area contributed by atoms with E-state index in [-0.39, 0.29) is 11.6 Å². The molecule has 1 spiro atoms. The lowest BCUT2D eigenvalue weighted by Crippen LogP contribution is -2.52. The van der Waals surface area contributed by atoms with Crippen molar-refractivity contribution in [1.82, 2.24) is 15.0 Å². The Labute approximate surface area is 148 Å². The molecule has 0 radical (unpaired) electrons. The van der Waals surface area contributed by atoms with Gasteiger partial charge in [0.25, 0.3) is 0 Å². The second-order valence-corrected chi connectivity index (χ2v) is 6.40. The van der Waals surface area contributed by atoms with Gasteiger partial charge in [0.05, 0.1) is 19.8 Å². The van der Waals surface area contributed by atoms with Crippen LogP contribution in [0.15, 0.2) is 30.5 Å². The second kappa shape index (κ2) is 6.48. The van der Waals surface area contributed by atoms with E-state index in [1.165, 1.54) is 6.20 Å². The summed E-state index contributed by atoms with van der Waals surface area (Å²) < 4.78 is 51.3. The van der Waals surface area contributed by atoms with Crippen molar-refractivity contribution >= 4 is 5.82 Å². The van der Waals surface area contributed by atoms with Crippen LogP contribution in [-0.2, 0) is 15.7 Å². The summed E-state index contributed by atoms with van der Waals surface area (Å²) >= 11 is 0. The first-order chi connectivity index (χ1) is 12.5. The smallest absolute Gasteiger partial charge is 0.378 e. The number of pyridine rings is 1. The van der Waals surface area contributed by atoms with Gasteiger partial charge in [-0.05, 0) is 12.1 Å². The SMILES string of the molecule is FC(F)(F)c1cc(N2CCOC3(CCOC3)C2)nc(-c2ccccn2)n1. The Morgan fingerprint density at radius 3 is 2.73 bits per heavy atom. The maximum Gasteiger partial charge on any atom is 0.433 e. The number of ether oxygens (including phenoxy) is 2. The van der Waals surface area contributed by atoms with Gasteiger partial charge in [0, 0.05) is 31.8 Å². The lowest BCUT2D eigenvalue weighted by molar-refractivity contribution is -0.141. The van der Waals surface area contributed by atoms with E-state index < -0.39 is 17.5 Å². The molecule has 4 rings (SSSR count). The van der Waals surface area contributed by atoms with Crippen LogP contribution in [0.2, 0.25) is 0 Å². The highest BCUT2D eigenvalue weighted by Gasteiger charge is 2.41. The van der Waals surface area contributed by atoms with Crippen molar-refractivity contribution in [2.75, 3.05) is 37.8 Å². The van der Waals surface area contributed by atoms with E-state index in [4.69, 9.17) is 9.47 Å².